The minimum atomic E-state index is 0.304. The predicted octanol–water partition coefficient (Wildman–Crippen LogP) is 2.42. The molecule has 1 aliphatic heterocycles. The summed E-state index contributed by atoms with van der Waals surface area (Å²) in [5, 5.41) is 0. The van der Waals surface area contributed by atoms with Gasteiger partial charge in [0.25, 0.3) is 0 Å². The molecule has 0 amide bonds. The minimum Gasteiger partial charge on any atom is -0.304 e. The Morgan fingerprint density at radius 1 is 1.10 bits per heavy atom. The highest BCUT2D eigenvalue weighted by Gasteiger charge is 2.26. The zero-order valence-corrected chi connectivity index (χ0v) is 12.3. The van der Waals surface area contributed by atoms with Gasteiger partial charge in [-0.2, -0.15) is 0 Å². The smallest absolute Gasteiger partial charge is 0.165 e. The Balaban J connectivity index is 1.57. The van der Waals surface area contributed by atoms with Crippen LogP contribution < -0.4 is 0 Å². The molecule has 0 bridgehead atoms. The Morgan fingerprint density at radius 3 is 2.30 bits per heavy atom. The highest BCUT2D eigenvalue weighted by molar-refractivity contribution is 5.98. The SMILES string of the molecule is CN1CCN(Cc2ccc(C(=O)C3CCC3)cc2)CC1. The van der Waals surface area contributed by atoms with Crippen LogP contribution in [0.3, 0.4) is 0 Å². The van der Waals surface area contributed by atoms with E-state index in [2.05, 4.69) is 29.0 Å². The van der Waals surface area contributed by atoms with Gasteiger partial charge in [-0.3, -0.25) is 9.69 Å². The highest BCUT2D eigenvalue weighted by Crippen LogP contribution is 2.29. The van der Waals surface area contributed by atoms with Crippen LogP contribution in [0, 0.1) is 5.92 Å². The summed E-state index contributed by atoms with van der Waals surface area (Å²) in [6.07, 6.45) is 3.39. The van der Waals surface area contributed by atoms with Gasteiger partial charge in [-0.25, -0.2) is 0 Å². The molecule has 1 saturated carbocycles. The second-order valence-electron chi connectivity index (χ2n) is 6.27. The second kappa shape index (κ2) is 6.06. The van der Waals surface area contributed by atoms with Crippen LogP contribution in [-0.2, 0) is 6.54 Å². The van der Waals surface area contributed by atoms with Crippen LogP contribution in [0.4, 0.5) is 0 Å². The van der Waals surface area contributed by atoms with E-state index in [1.807, 2.05) is 12.1 Å². The van der Waals surface area contributed by atoms with Gasteiger partial charge in [0, 0.05) is 44.2 Å². The fourth-order valence-electron chi connectivity index (χ4n) is 2.94. The molecule has 3 heteroatoms. The molecule has 1 aromatic rings. The van der Waals surface area contributed by atoms with Crippen LogP contribution in [0.5, 0.6) is 0 Å². The number of ketones is 1. The van der Waals surface area contributed by atoms with E-state index in [1.54, 1.807) is 0 Å². The molecule has 0 radical (unpaired) electrons. The quantitative estimate of drug-likeness (QED) is 0.787. The van der Waals surface area contributed by atoms with Crippen LogP contribution in [0.2, 0.25) is 0 Å². The lowest BCUT2D eigenvalue weighted by Gasteiger charge is -2.32. The Morgan fingerprint density at radius 2 is 1.75 bits per heavy atom. The average Bonchev–Trinajstić information content (AvgIpc) is 2.40. The molecule has 3 nitrogen and oxygen atoms in total. The van der Waals surface area contributed by atoms with Gasteiger partial charge in [-0.15, -0.1) is 0 Å². The number of hydrogen-bond acceptors (Lipinski definition) is 3. The van der Waals surface area contributed by atoms with Gasteiger partial charge >= 0.3 is 0 Å². The van der Waals surface area contributed by atoms with E-state index in [0.717, 1.165) is 51.1 Å². The molecule has 0 spiro atoms. The lowest BCUT2D eigenvalue weighted by molar-refractivity contribution is 0.0855. The normalized spacial score (nSPS) is 21.6. The van der Waals surface area contributed by atoms with Gasteiger partial charge in [0.1, 0.15) is 0 Å². The molecule has 2 fully saturated rings. The van der Waals surface area contributed by atoms with Crippen molar-refractivity contribution in [2.75, 3.05) is 33.2 Å². The minimum absolute atomic E-state index is 0.304. The van der Waals surface area contributed by atoms with Crippen LogP contribution in [0.1, 0.15) is 35.2 Å². The Kier molecular flexibility index (Phi) is 4.18. The first-order chi connectivity index (χ1) is 9.72. The van der Waals surface area contributed by atoms with Gasteiger partial charge in [0.2, 0.25) is 0 Å². The summed E-state index contributed by atoms with van der Waals surface area (Å²) in [6.45, 7) is 5.58. The summed E-state index contributed by atoms with van der Waals surface area (Å²) in [6, 6.07) is 8.30. The molecular formula is C17H24N2O. The van der Waals surface area contributed by atoms with E-state index in [9.17, 15) is 4.79 Å². The van der Waals surface area contributed by atoms with E-state index in [1.165, 1.54) is 12.0 Å². The summed E-state index contributed by atoms with van der Waals surface area (Å²) in [5.74, 6) is 0.654. The Hall–Kier alpha value is -1.19. The third kappa shape index (κ3) is 3.10. The third-order valence-electron chi connectivity index (χ3n) is 4.72. The van der Waals surface area contributed by atoms with Crippen LogP contribution >= 0.6 is 0 Å². The highest BCUT2D eigenvalue weighted by atomic mass is 16.1. The van der Waals surface area contributed by atoms with Crippen molar-refractivity contribution >= 4 is 5.78 Å². The molecular weight excluding hydrogens is 248 g/mol. The van der Waals surface area contributed by atoms with Crippen molar-refractivity contribution in [3.8, 4) is 0 Å². The average molecular weight is 272 g/mol. The van der Waals surface area contributed by atoms with Gasteiger partial charge in [0.05, 0.1) is 0 Å². The molecule has 1 heterocycles. The van der Waals surface area contributed by atoms with Crippen molar-refractivity contribution in [2.45, 2.75) is 25.8 Å². The zero-order valence-electron chi connectivity index (χ0n) is 12.3. The van der Waals surface area contributed by atoms with Crippen molar-refractivity contribution in [1.82, 2.24) is 9.80 Å². The van der Waals surface area contributed by atoms with Crippen LogP contribution in [0.15, 0.2) is 24.3 Å². The number of hydrogen-bond donors (Lipinski definition) is 0. The predicted molar refractivity (Wildman–Crippen MR) is 80.9 cm³/mol. The van der Waals surface area contributed by atoms with Crippen molar-refractivity contribution in [1.29, 1.82) is 0 Å². The van der Waals surface area contributed by atoms with Crippen molar-refractivity contribution in [3.05, 3.63) is 35.4 Å². The van der Waals surface area contributed by atoms with E-state index in [-0.39, 0.29) is 0 Å². The van der Waals surface area contributed by atoms with E-state index < -0.39 is 0 Å². The number of carbonyl (C=O) groups is 1. The number of likely N-dealkylation sites (N-methyl/N-ethyl adjacent to an activating group) is 1. The number of rotatable bonds is 4. The fraction of sp³-hybridized carbons (Fsp3) is 0.588. The molecule has 1 aliphatic carbocycles. The molecule has 108 valence electrons. The van der Waals surface area contributed by atoms with Crippen molar-refractivity contribution < 1.29 is 4.79 Å². The van der Waals surface area contributed by atoms with Crippen LogP contribution in [0.25, 0.3) is 0 Å². The number of nitrogens with zero attached hydrogens (tertiary/aromatic N) is 2. The lowest BCUT2D eigenvalue weighted by Crippen LogP contribution is -2.43. The Labute approximate surface area is 121 Å². The van der Waals surface area contributed by atoms with E-state index >= 15 is 0 Å². The number of piperazine rings is 1. The fourth-order valence-corrected chi connectivity index (χ4v) is 2.94. The van der Waals surface area contributed by atoms with E-state index in [0.29, 0.717) is 11.7 Å². The maximum atomic E-state index is 12.1. The number of Topliss-reactive ketones (excluding diaryl/α,β-unsaturated/α-hetero) is 1. The van der Waals surface area contributed by atoms with E-state index in [4.69, 9.17) is 0 Å². The standard InChI is InChI=1S/C17H24N2O/c1-18-9-11-19(12-10-18)13-14-5-7-16(8-6-14)17(20)15-3-2-4-15/h5-8,15H,2-4,9-13H2,1H3. The summed E-state index contributed by atoms with van der Waals surface area (Å²) in [7, 11) is 2.18. The third-order valence-corrected chi connectivity index (χ3v) is 4.72. The monoisotopic (exact) mass is 272 g/mol. The summed E-state index contributed by atoms with van der Waals surface area (Å²) in [4.78, 5) is 17.0. The maximum Gasteiger partial charge on any atom is 0.165 e. The number of carbonyl (C=O) groups excluding carboxylic acids is 1. The second-order valence-corrected chi connectivity index (χ2v) is 6.27. The molecule has 0 unspecified atom stereocenters. The maximum absolute atomic E-state index is 12.1. The molecule has 0 aromatic heterocycles. The molecule has 0 N–H and O–H groups in total. The lowest BCUT2D eigenvalue weighted by atomic mass is 9.80. The first kappa shape index (κ1) is 13.8. The number of benzene rings is 1. The molecule has 0 atom stereocenters. The topological polar surface area (TPSA) is 23.6 Å². The Bertz CT molecular complexity index is 456. The van der Waals surface area contributed by atoms with Crippen molar-refractivity contribution in [2.24, 2.45) is 5.92 Å². The zero-order chi connectivity index (χ0) is 13.9. The van der Waals surface area contributed by atoms with Crippen LogP contribution in [-0.4, -0.2) is 48.8 Å². The van der Waals surface area contributed by atoms with Crippen molar-refractivity contribution in [3.63, 3.8) is 0 Å². The van der Waals surface area contributed by atoms with Gasteiger partial charge in [-0.1, -0.05) is 30.7 Å². The first-order valence-electron chi connectivity index (χ1n) is 7.76. The van der Waals surface area contributed by atoms with Gasteiger partial charge < -0.3 is 4.90 Å². The molecule has 20 heavy (non-hydrogen) atoms. The summed E-state index contributed by atoms with van der Waals surface area (Å²) >= 11 is 0. The summed E-state index contributed by atoms with van der Waals surface area (Å²) < 4.78 is 0. The molecule has 1 saturated heterocycles. The molecule has 1 aromatic carbocycles. The first-order valence-corrected chi connectivity index (χ1v) is 7.76. The van der Waals surface area contributed by atoms with Gasteiger partial charge in [-0.05, 0) is 25.5 Å². The molecule has 3 rings (SSSR count). The largest absolute Gasteiger partial charge is 0.304 e. The molecule has 2 aliphatic rings. The van der Waals surface area contributed by atoms with Gasteiger partial charge in [0.15, 0.2) is 5.78 Å². The summed E-state index contributed by atoms with van der Waals surface area (Å²) in [5.41, 5.74) is 2.22.